The number of nitrogens with zero attached hydrogens (tertiary/aromatic N) is 2. The zero-order chi connectivity index (χ0) is 20.4. The van der Waals surface area contributed by atoms with Crippen LogP contribution in [0.2, 0.25) is 0 Å². The topological polar surface area (TPSA) is 132 Å². The Balaban J connectivity index is 1.62. The summed E-state index contributed by atoms with van der Waals surface area (Å²) in [5, 5.41) is 0.621. The Morgan fingerprint density at radius 3 is 2.62 bits per heavy atom. The van der Waals surface area contributed by atoms with Gasteiger partial charge < -0.3 is 14.0 Å². The second kappa shape index (κ2) is 7.43. The summed E-state index contributed by atoms with van der Waals surface area (Å²) < 4.78 is 42.3. The first-order valence-electron chi connectivity index (χ1n) is 8.49. The van der Waals surface area contributed by atoms with Crippen molar-refractivity contribution in [2.24, 2.45) is 0 Å². The molecule has 1 aliphatic heterocycles. The highest BCUT2D eigenvalue weighted by Crippen LogP contribution is 2.39. The third kappa shape index (κ3) is 3.72. The van der Waals surface area contributed by atoms with Crippen LogP contribution in [-0.4, -0.2) is 30.4 Å². The molecule has 4 rings (SSSR count). The Hall–Kier alpha value is -3.60. The van der Waals surface area contributed by atoms with Gasteiger partial charge in [-0.1, -0.05) is 42.5 Å². The summed E-state index contributed by atoms with van der Waals surface area (Å²) in [6.07, 6.45) is -1.03. The lowest BCUT2D eigenvalue weighted by molar-refractivity contribution is 0.155. The van der Waals surface area contributed by atoms with E-state index in [9.17, 15) is 18.0 Å². The van der Waals surface area contributed by atoms with E-state index >= 15 is 0 Å². The Labute approximate surface area is 164 Å². The summed E-state index contributed by atoms with van der Waals surface area (Å²) >= 11 is 0. The van der Waals surface area contributed by atoms with Gasteiger partial charge in [-0.25, -0.2) is 9.59 Å². The number of carbonyl (C=O) groups excluding carboxylic acids is 1. The van der Waals surface area contributed by atoms with Crippen LogP contribution >= 0.6 is 0 Å². The van der Waals surface area contributed by atoms with E-state index in [0.717, 1.165) is 4.31 Å². The van der Waals surface area contributed by atoms with Gasteiger partial charge >= 0.3 is 21.0 Å². The molecule has 10 nitrogen and oxygen atoms in total. The molecule has 0 unspecified atom stereocenters. The average molecular weight is 417 g/mol. The number of H-pyrrole nitrogens is 1. The maximum absolute atomic E-state index is 12.9. The minimum Gasteiger partial charge on any atom is -0.476 e. The van der Waals surface area contributed by atoms with Crippen LogP contribution in [0.4, 0.5) is 10.5 Å². The number of nitrogens with one attached hydrogen (secondary N) is 1. The molecule has 2 aromatic carbocycles. The van der Waals surface area contributed by atoms with Crippen LogP contribution < -0.4 is 14.7 Å². The van der Waals surface area contributed by atoms with Crippen LogP contribution in [-0.2, 0) is 21.4 Å². The molecule has 0 spiro atoms. The number of benzene rings is 2. The van der Waals surface area contributed by atoms with Crippen LogP contribution in [0.25, 0.3) is 0 Å². The van der Waals surface area contributed by atoms with E-state index in [4.69, 9.17) is 14.0 Å². The van der Waals surface area contributed by atoms with Crippen molar-refractivity contribution in [2.45, 2.75) is 12.7 Å². The number of hydrogen-bond donors (Lipinski definition) is 1. The predicted molar refractivity (Wildman–Crippen MR) is 99.8 cm³/mol. The molecule has 0 saturated carbocycles. The Bertz CT molecular complexity index is 1190. The highest BCUT2D eigenvalue weighted by atomic mass is 32.2. The quantitative estimate of drug-likeness (QED) is 0.637. The number of aromatic amines is 1. The summed E-state index contributed by atoms with van der Waals surface area (Å²) in [7, 11) is -4.55. The molecule has 0 fully saturated rings. The zero-order valence-electron chi connectivity index (χ0n) is 14.8. The molecule has 0 aliphatic carbocycles. The van der Waals surface area contributed by atoms with Crippen LogP contribution in [0.5, 0.6) is 5.75 Å². The van der Waals surface area contributed by atoms with E-state index < -0.39 is 27.1 Å². The van der Waals surface area contributed by atoms with Crippen molar-refractivity contribution < 1.29 is 27.2 Å². The van der Waals surface area contributed by atoms with Crippen LogP contribution in [0.3, 0.4) is 0 Å². The lowest BCUT2D eigenvalue weighted by atomic mass is 10.2. The lowest BCUT2D eigenvalue weighted by Gasteiger charge is -2.32. The predicted octanol–water partition coefficient (Wildman–Crippen LogP) is 1.97. The standard InChI is InChI=1S/C18H15N3O7S/c22-17-19-16(28-20-17)15-10-21(13-8-4-5-9-14(13)27-15)29(24,25)18(23)26-11-12-6-2-1-3-7-12/h1-9,15H,10-11H2,(H,20,22)/t15-/m1/s1. The smallest absolute Gasteiger partial charge is 0.445 e. The zero-order valence-corrected chi connectivity index (χ0v) is 15.7. The number of anilines is 1. The molecule has 2 heterocycles. The fraction of sp³-hybridized carbons (Fsp3) is 0.167. The first kappa shape index (κ1) is 18.7. The molecule has 0 bridgehead atoms. The first-order valence-corrected chi connectivity index (χ1v) is 9.93. The lowest BCUT2D eigenvalue weighted by Crippen LogP contribution is -2.43. The van der Waals surface area contributed by atoms with Gasteiger partial charge in [0.2, 0.25) is 0 Å². The molecule has 29 heavy (non-hydrogen) atoms. The van der Waals surface area contributed by atoms with Crippen molar-refractivity contribution in [2.75, 3.05) is 10.8 Å². The van der Waals surface area contributed by atoms with E-state index in [1.807, 2.05) is 5.16 Å². The SMILES string of the molecule is O=C(OCc1ccccc1)S(=O)(=O)N1C[C@H](c2nc(=O)[nH]o2)Oc2ccccc21. The molecule has 150 valence electrons. The number of ether oxygens (including phenoxy) is 2. The number of aromatic nitrogens is 2. The maximum Gasteiger partial charge on any atom is 0.445 e. The van der Waals surface area contributed by atoms with Crippen molar-refractivity contribution in [3.8, 4) is 5.75 Å². The summed E-state index contributed by atoms with van der Waals surface area (Å²) in [5.41, 5.74) is 0.0760. The minimum atomic E-state index is -4.55. The van der Waals surface area contributed by atoms with E-state index in [2.05, 4.69) is 4.98 Å². The van der Waals surface area contributed by atoms with E-state index in [-0.39, 0.29) is 30.5 Å². The summed E-state index contributed by atoms with van der Waals surface area (Å²) in [6, 6.07) is 15.0. The van der Waals surface area contributed by atoms with Gasteiger partial charge in [0, 0.05) is 0 Å². The van der Waals surface area contributed by atoms with Crippen LogP contribution in [0.1, 0.15) is 17.6 Å². The van der Waals surface area contributed by atoms with Gasteiger partial charge in [-0.05, 0) is 17.7 Å². The highest BCUT2D eigenvalue weighted by molar-refractivity contribution is 8.06. The molecular formula is C18H15N3O7S. The van der Waals surface area contributed by atoms with Crippen molar-refractivity contribution in [1.29, 1.82) is 0 Å². The van der Waals surface area contributed by atoms with Crippen LogP contribution in [0, 0.1) is 0 Å². The molecule has 1 aliphatic rings. The number of sulfonamides is 1. The third-order valence-electron chi connectivity index (χ3n) is 4.17. The van der Waals surface area contributed by atoms with Crippen molar-refractivity contribution in [3.05, 3.63) is 76.5 Å². The summed E-state index contributed by atoms with van der Waals surface area (Å²) in [6.45, 7) is -0.518. The third-order valence-corrected chi connectivity index (χ3v) is 5.63. The highest BCUT2D eigenvalue weighted by Gasteiger charge is 2.41. The average Bonchev–Trinajstić information content (AvgIpc) is 3.18. The van der Waals surface area contributed by atoms with Gasteiger partial charge in [0.25, 0.3) is 5.89 Å². The van der Waals surface area contributed by atoms with Gasteiger partial charge in [-0.3, -0.25) is 4.31 Å². The first-order chi connectivity index (χ1) is 13.9. The van der Waals surface area contributed by atoms with Gasteiger partial charge in [-0.2, -0.15) is 18.6 Å². The number of carbonyl (C=O) groups is 1. The normalized spacial score (nSPS) is 16.0. The molecule has 1 N–H and O–H groups in total. The number of fused-ring (bicyclic) bond motifs is 1. The minimum absolute atomic E-state index is 0.137. The van der Waals surface area contributed by atoms with E-state index in [1.54, 1.807) is 42.5 Å². The summed E-state index contributed by atoms with van der Waals surface area (Å²) in [4.78, 5) is 27.3. The molecule has 0 amide bonds. The van der Waals surface area contributed by atoms with Crippen molar-refractivity contribution >= 4 is 21.0 Å². The number of para-hydroxylation sites is 2. The largest absolute Gasteiger partial charge is 0.476 e. The second-order valence-electron chi connectivity index (χ2n) is 6.09. The fourth-order valence-corrected chi connectivity index (χ4v) is 3.95. The van der Waals surface area contributed by atoms with Crippen LogP contribution in [0.15, 0.2) is 63.9 Å². The molecule has 0 saturated heterocycles. The van der Waals surface area contributed by atoms with E-state index in [1.165, 1.54) is 12.1 Å². The molecule has 3 aromatic rings. The molecule has 1 aromatic heterocycles. The van der Waals surface area contributed by atoms with Gasteiger partial charge in [0.15, 0.2) is 6.10 Å². The van der Waals surface area contributed by atoms with Crippen molar-refractivity contribution in [3.63, 3.8) is 0 Å². The Kier molecular flexibility index (Phi) is 4.80. The summed E-state index contributed by atoms with van der Waals surface area (Å²) in [5.74, 6) is 0.0520. The molecule has 0 radical (unpaired) electrons. The number of hydrogen-bond acceptors (Lipinski definition) is 8. The second-order valence-corrected chi connectivity index (χ2v) is 7.82. The Morgan fingerprint density at radius 2 is 1.90 bits per heavy atom. The van der Waals surface area contributed by atoms with Crippen molar-refractivity contribution in [1.82, 2.24) is 10.1 Å². The number of rotatable bonds is 4. The van der Waals surface area contributed by atoms with Gasteiger partial charge in [-0.15, -0.1) is 0 Å². The molecule has 11 heteroatoms. The van der Waals surface area contributed by atoms with E-state index in [0.29, 0.717) is 5.56 Å². The maximum atomic E-state index is 12.9. The van der Waals surface area contributed by atoms with Gasteiger partial charge in [0.05, 0.1) is 12.2 Å². The molecular weight excluding hydrogens is 402 g/mol. The fourth-order valence-electron chi connectivity index (χ4n) is 2.82. The van der Waals surface area contributed by atoms with Gasteiger partial charge in [0.1, 0.15) is 12.4 Å². The molecule has 1 atom stereocenters. The monoisotopic (exact) mass is 417 g/mol. The Morgan fingerprint density at radius 1 is 1.17 bits per heavy atom.